The summed E-state index contributed by atoms with van der Waals surface area (Å²) in [5, 5.41) is 13.4. The van der Waals surface area contributed by atoms with E-state index < -0.39 is 0 Å². The summed E-state index contributed by atoms with van der Waals surface area (Å²) in [4.78, 5) is 4.51. The smallest absolute Gasteiger partial charge is 0.180 e. The van der Waals surface area contributed by atoms with Gasteiger partial charge in [0.15, 0.2) is 4.34 Å². The number of methoxy groups -OCH3 is 1. The summed E-state index contributed by atoms with van der Waals surface area (Å²) in [5.41, 5.74) is 2.34. The third-order valence-electron chi connectivity index (χ3n) is 2.59. The van der Waals surface area contributed by atoms with Crippen LogP contribution in [0.25, 0.3) is 0 Å². The van der Waals surface area contributed by atoms with E-state index in [4.69, 9.17) is 4.74 Å². The molecule has 0 aliphatic carbocycles. The topological polar surface area (TPSA) is 59.9 Å². The molecule has 2 aromatic heterocycles. The van der Waals surface area contributed by atoms with Crippen molar-refractivity contribution in [1.82, 2.24) is 20.5 Å². The second-order valence-corrected chi connectivity index (χ2v) is 6.74. The second kappa shape index (κ2) is 7.68. The molecule has 0 saturated heterocycles. The van der Waals surface area contributed by atoms with Crippen molar-refractivity contribution in [3.63, 3.8) is 0 Å². The maximum atomic E-state index is 5.00. The zero-order chi connectivity index (χ0) is 14.4. The van der Waals surface area contributed by atoms with Crippen LogP contribution in [0.2, 0.25) is 0 Å². The Labute approximate surface area is 127 Å². The van der Waals surface area contributed by atoms with Gasteiger partial charge in [-0.3, -0.25) is 0 Å². The first-order valence-electron chi connectivity index (χ1n) is 6.32. The Morgan fingerprint density at radius 1 is 1.35 bits per heavy atom. The van der Waals surface area contributed by atoms with Gasteiger partial charge in [-0.15, -0.1) is 10.2 Å². The molecule has 0 atom stereocenters. The first kappa shape index (κ1) is 15.4. The van der Waals surface area contributed by atoms with Crippen LogP contribution in [0.15, 0.2) is 21.6 Å². The predicted molar refractivity (Wildman–Crippen MR) is 81.3 cm³/mol. The Bertz CT molecular complexity index is 559. The fraction of sp³-hybridized carbons (Fsp3) is 0.462. The normalized spacial score (nSPS) is 10.9. The minimum absolute atomic E-state index is 0.719. The highest BCUT2D eigenvalue weighted by Gasteiger charge is 2.08. The van der Waals surface area contributed by atoms with Crippen LogP contribution in [0.3, 0.4) is 0 Å². The molecule has 108 valence electrons. The predicted octanol–water partition coefficient (Wildman–Crippen LogP) is 2.44. The first-order chi connectivity index (χ1) is 9.69. The maximum absolute atomic E-state index is 5.00. The van der Waals surface area contributed by atoms with Crippen LogP contribution < -0.4 is 5.32 Å². The molecule has 2 aromatic rings. The van der Waals surface area contributed by atoms with Crippen LogP contribution in [0.1, 0.15) is 16.1 Å². The van der Waals surface area contributed by atoms with Crippen LogP contribution >= 0.6 is 23.1 Å². The highest BCUT2D eigenvalue weighted by atomic mass is 32.2. The van der Waals surface area contributed by atoms with Gasteiger partial charge in [0.1, 0.15) is 10.0 Å². The van der Waals surface area contributed by atoms with Crippen LogP contribution in [0.5, 0.6) is 0 Å². The molecule has 0 fully saturated rings. The van der Waals surface area contributed by atoms with E-state index in [2.05, 4.69) is 33.5 Å². The van der Waals surface area contributed by atoms with Crippen LogP contribution in [0.4, 0.5) is 0 Å². The average Bonchev–Trinajstić information content (AvgIpc) is 2.83. The summed E-state index contributed by atoms with van der Waals surface area (Å²) in [5.74, 6) is 0. The molecule has 0 aliphatic rings. The number of pyridine rings is 1. The van der Waals surface area contributed by atoms with Crippen molar-refractivity contribution in [2.45, 2.75) is 29.8 Å². The molecule has 0 aliphatic heterocycles. The number of aryl methyl sites for hydroxylation is 2. The molecule has 2 heterocycles. The van der Waals surface area contributed by atoms with E-state index in [1.807, 2.05) is 13.1 Å². The molecule has 0 bridgehead atoms. The minimum atomic E-state index is 0.719. The lowest BCUT2D eigenvalue weighted by molar-refractivity contribution is 0.199. The standard InChI is InChI=1S/C13H18N4OS2/c1-9-6-11(7-14-4-5-18-3)8-15-12(9)20-13-17-16-10(2)19-13/h6,8,14H,4-5,7H2,1-3H3. The van der Waals surface area contributed by atoms with Gasteiger partial charge in [0.05, 0.1) is 6.61 Å². The number of nitrogens with one attached hydrogen (secondary N) is 1. The van der Waals surface area contributed by atoms with Crippen molar-refractivity contribution in [3.05, 3.63) is 28.4 Å². The molecule has 7 heteroatoms. The molecular formula is C13H18N4OS2. The molecule has 0 unspecified atom stereocenters. The number of ether oxygens (including phenoxy) is 1. The van der Waals surface area contributed by atoms with Crippen molar-refractivity contribution >= 4 is 23.1 Å². The van der Waals surface area contributed by atoms with E-state index in [1.54, 1.807) is 30.2 Å². The Balaban J connectivity index is 1.95. The zero-order valence-electron chi connectivity index (χ0n) is 11.8. The third-order valence-corrected chi connectivity index (χ3v) is 4.60. The molecule has 0 saturated carbocycles. The largest absolute Gasteiger partial charge is 0.383 e. The summed E-state index contributed by atoms with van der Waals surface area (Å²) in [7, 11) is 1.70. The van der Waals surface area contributed by atoms with Gasteiger partial charge in [0, 0.05) is 26.4 Å². The van der Waals surface area contributed by atoms with E-state index in [1.165, 1.54) is 5.56 Å². The van der Waals surface area contributed by atoms with Gasteiger partial charge < -0.3 is 10.1 Å². The van der Waals surface area contributed by atoms with Gasteiger partial charge in [-0.1, -0.05) is 17.4 Å². The number of aromatic nitrogens is 3. The summed E-state index contributed by atoms with van der Waals surface area (Å²) >= 11 is 3.16. The van der Waals surface area contributed by atoms with E-state index in [-0.39, 0.29) is 0 Å². The lowest BCUT2D eigenvalue weighted by Crippen LogP contribution is -2.18. The SMILES string of the molecule is COCCNCc1cnc(Sc2nnc(C)s2)c(C)c1. The monoisotopic (exact) mass is 310 g/mol. The lowest BCUT2D eigenvalue weighted by atomic mass is 10.2. The van der Waals surface area contributed by atoms with Crippen LogP contribution in [-0.4, -0.2) is 35.4 Å². The molecule has 0 amide bonds. The summed E-state index contributed by atoms with van der Waals surface area (Å²) < 4.78 is 5.93. The van der Waals surface area contributed by atoms with E-state index >= 15 is 0 Å². The highest BCUT2D eigenvalue weighted by Crippen LogP contribution is 2.30. The fourth-order valence-electron chi connectivity index (χ4n) is 1.63. The van der Waals surface area contributed by atoms with Crippen molar-refractivity contribution in [2.75, 3.05) is 20.3 Å². The Kier molecular flexibility index (Phi) is 5.90. The average molecular weight is 310 g/mol. The number of rotatable bonds is 7. The van der Waals surface area contributed by atoms with Gasteiger partial charge >= 0.3 is 0 Å². The quantitative estimate of drug-likeness (QED) is 0.793. The molecule has 0 radical (unpaired) electrons. The van der Waals surface area contributed by atoms with Gasteiger partial charge in [-0.05, 0) is 36.7 Å². The third kappa shape index (κ3) is 4.52. The van der Waals surface area contributed by atoms with Crippen LogP contribution in [0, 0.1) is 13.8 Å². The number of hydrogen-bond donors (Lipinski definition) is 1. The van der Waals surface area contributed by atoms with Crippen molar-refractivity contribution in [2.24, 2.45) is 0 Å². The second-order valence-electron chi connectivity index (χ2n) is 4.32. The van der Waals surface area contributed by atoms with E-state index in [0.29, 0.717) is 0 Å². The molecule has 5 nitrogen and oxygen atoms in total. The van der Waals surface area contributed by atoms with Crippen molar-refractivity contribution in [3.8, 4) is 0 Å². The van der Waals surface area contributed by atoms with Crippen LogP contribution in [-0.2, 0) is 11.3 Å². The summed E-state index contributed by atoms with van der Waals surface area (Å²) in [6.07, 6.45) is 1.91. The van der Waals surface area contributed by atoms with Gasteiger partial charge in [0.25, 0.3) is 0 Å². The van der Waals surface area contributed by atoms with Crippen molar-refractivity contribution in [1.29, 1.82) is 0 Å². The highest BCUT2D eigenvalue weighted by molar-refractivity contribution is 8.01. The van der Waals surface area contributed by atoms with Gasteiger partial charge in [-0.25, -0.2) is 4.98 Å². The molecular weight excluding hydrogens is 292 g/mol. The Morgan fingerprint density at radius 2 is 2.20 bits per heavy atom. The zero-order valence-corrected chi connectivity index (χ0v) is 13.5. The summed E-state index contributed by atoms with van der Waals surface area (Å²) in [6, 6.07) is 2.16. The van der Waals surface area contributed by atoms with E-state index in [9.17, 15) is 0 Å². The minimum Gasteiger partial charge on any atom is -0.383 e. The number of nitrogens with zero attached hydrogens (tertiary/aromatic N) is 3. The fourth-order valence-corrected chi connectivity index (χ4v) is 3.39. The van der Waals surface area contributed by atoms with Gasteiger partial charge in [0.2, 0.25) is 0 Å². The number of hydrogen-bond acceptors (Lipinski definition) is 7. The summed E-state index contributed by atoms with van der Waals surface area (Å²) in [6.45, 7) is 6.39. The molecule has 1 N–H and O–H groups in total. The first-order valence-corrected chi connectivity index (χ1v) is 7.95. The molecule has 2 rings (SSSR count). The molecule has 20 heavy (non-hydrogen) atoms. The lowest BCUT2D eigenvalue weighted by Gasteiger charge is -2.07. The van der Waals surface area contributed by atoms with Crippen molar-refractivity contribution < 1.29 is 4.74 Å². The maximum Gasteiger partial charge on any atom is 0.180 e. The molecule has 0 spiro atoms. The Hall–Kier alpha value is -1.02. The molecule has 0 aromatic carbocycles. The van der Waals surface area contributed by atoms with E-state index in [0.717, 1.165) is 39.6 Å². The van der Waals surface area contributed by atoms with Gasteiger partial charge in [-0.2, -0.15) is 0 Å². The Morgan fingerprint density at radius 3 is 2.85 bits per heavy atom.